The maximum atomic E-state index is 12.9. The van der Waals surface area contributed by atoms with Gasteiger partial charge in [0, 0.05) is 17.6 Å². The molecule has 0 radical (unpaired) electrons. The van der Waals surface area contributed by atoms with Crippen molar-refractivity contribution in [2.45, 2.75) is 31.0 Å². The third-order valence-corrected chi connectivity index (χ3v) is 7.19. The molecule has 0 aliphatic heterocycles. The number of hydrogen-bond donors (Lipinski definition) is 1. The lowest BCUT2D eigenvalue weighted by Gasteiger charge is -2.17. The Morgan fingerprint density at radius 1 is 1.09 bits per heavy atom. The van der Waals surface area contributed by atoms with Gasteiger partial charge in [-0.05, 0) is 59.8 Å². The minimum absolute atomic E-state index is 0.0879. The largest absolute Gasteiger partial charge is 0.416 e. The summed E-state index contributed by atoms with van der Waals surface area (Å²) in [4.78, 5) is 14.7. The zero-order valence-corrected chi connectivity index (χ0v) is 18.9. The number of anilines is 1. The van der Waals surface area contributed by atoms with E-state index in [1.165, 1.54) is 12.1 Å². The fraction of sp³-hybridized carbons (Fsp3) is 0.227. The lowest BCUT2D eigenvalue weighted by Crippen LogP contribution is -2.27. The Bertz CT molecular complexity index is 1200. The smallest absolute Gasteiger partial charge is 0.340 e. The van der Waals surface area contributed by atoms with Crippen molar-refractivity contribution in [3.8, 4) is 0 Å². The Morgan fingerprint density at radius 2 is 1.78 bits per heavy atom. The van der Waals surface area contributed by atoms with E-state index in [0.29, 0.717) is 18.2 Å². The van der Waals surface area contributed by atoms with Crippen molar-refractivity contribution in [2.24, 2.45) is 0 Å². The molecule has 0 saturated heterocycles. The molecule has 0 aliphatic rings. The van der Waals surface area contributed by atoms with E-state index in [1.54, 1.807) is 35.4 Å². The first-order valence-electron chi connectivity index (χ1n) is 9.51. The van der Waals surface area contributed by atoms with Crippen LogP contribution in [0.2, 0.25) is 0 Å². The fourth-order valence-electron chi connectivity index (χ4n) is 2.92. The molecule has 0 fully saturated rings. The first-order chi connectivity index (χ1) is 15.0. The highest BCUT2D eigenvalue weighted by molar-refractivity contribution is 7.92. The van der Waals surface area contributed by atoms with Crippen LogP contribution in [0.25, 0.3) is 0 Å². The maximum absolute atomic E-state index is 12.9. The van der Waals surface area contributed by atoms with Crippen molar-refractivity contribution in [3.05, 3.63) is 81.5 Å². The molecule has 3 aromatic rings. The van der Waals surface area contributed by atoms with Gasteiger partial charge in [-0.1, -0.05) is 18.2 Å². The number of carbonyl (C=O) groups is 1. The van der Waals surface area contributed by atoms with Gasteiger partial charge in [-0.25, -0.2) is 8.42 Å². The van der Waals surface area contributed by atoms with E-state index in [0.717, 1.165) is 28.6 Å². The van der Waals surface area contributed by atoms with Gasteiger partial charge in [-0.2, -0.15) is 13.2 Å². The molecule has 2 aromatic carbocycles. The molecule has 10 heteroatoms. The van der Waals surface area contributed by atoms with E-state index in [4.69, 9.17) is 0 Å². The molecule has 5 nitrogen and oxygen atoms in total. The predicted molar refractivity (Wildman–Crippen MR) is 118 cm³/mol. The van der Waals surface area contributed by atoms with Crippen molar-refractivity contribution in [1.82, 2.24) is 4.90 Å². The summed E-state index contributed by atoms with van der Waals surface area (Å²) in [6, 6.07) is 11.7. The highest BCUT2D eigenvalue weighted by Crippen LogP contribution is 2.31. The van der Waals surface area contributed by atoms with Crippen LogP contribution in [0.1, 0.15) is 21.6 Å². The highest BCUT2D eigenvalue weighted by Gasteiger charge is 2.31. The van der Waals surface area contributed by atoms with Crippen molar-refractivity contribution in [3.63, 3.8) is 0 Å². The van der Waals surface area contributed by atoms with Crippen LogP contribution in [0.5, 0.6) is 0 Å². The number of amides is 1. The molecule has 1 N–H and O–H groups in total. The second-order valence-corrected chi connectivity index (χ2v) is 9.96. The van der Waals surface area contributed by atoms with E-state index in [-0.39, 0.29) is 18.0 Å². The molecule has 0 saturated carbocycles. The third-order valence-electron chi connectivity index (χ3n) is 4.81. The number of nitrogens with zero attached hydrogens (tertiary/aromatic N) is 1. The van der Waals surface area contributed by atoms with Gasteiger partial charge in [-0.15, -0.1) is 11.3 Å². The summed E-state index contributed by atoms with van der Waals surface area (Å²) in [5.74, 6) is -0.0879. The van der Waals surface area contributed by atoms with Crippen LogP contribution in [0.15, 0.2) is 64.9 Å². The van der Waals surface area contributed by atoms with Gasteiger partial charge in [0.1, 0.15) is 0 Å². The monoisotopic (exact) mass is 482 g/mol. The molecule has 0 unspecified atom stereocenters. The molecule has 32 heavy (non-hydrogen) atoms. The Kier molecular flexibility index (Phi) is 6.94. The number of halogens is 3. The van der Waals surface area contributed by atoms with Crippen LogP contribution >= 0.6 is 11.3 Å². The Labute approximate surface area is 188 Å². The number of rotatable bonds is 7. The topological polar surface area (TPSA) is 66.5 Å². The van der Waals surface area contributed by atoms with Crippen LogP contribution in [0, 0.1) is 6.92 Å². The Hall–Kier alpha value is -2.85. The summed E-state index contributed by atoms with van der Waals surface area (Å²) in [6.45, 7) is 2.50. The van der Waals surface area contributed by atoms with Gasteiger partial charge >= 0.3 is 6.18 Å². The summed E-state index contributed by atoms with van der Waals surface area (Å²) >= 11 is 1.59. The number of hydrogen-bond acceptors (Lipinski definition) is 4. The summed E-state index contributed by atoms with van der Waals surface area (Å²) in [5, 5.41) is 1.97. The van der Waals surface area contributed by atoms with E-state index in [9.17, 15) is 26.4 Å². The first-order valence-corrected chi connectivity index (χ1v) is 11.9. The summed E-state index contributed by atoms with van der Waals surface area (Å²) < 4.78 is 65.8. The van der Waals surface area contributed by atoms with E-state index in [2.05, 4.69) is 4.72 Å². The number of benzene rings is 2. The summed E-state index contributed by atoms with van der Waals surface area (Å²) in [6.07, 6.45) is -4.50. The second-order valence-electron chi connectivity index (χ2n) is 7.28. The van der Waals surface area contributed by atoms with Crippen LogP contribution in [0.4, 0.5) is 18.9 Å². The molecular weight excluding hydrogens is 461 g/mol. The van der Waals surface area contributed by atoms with Crippen molar-refractivity contribution >= 4 is 33.0 Å². The molecule has 0 atom stereocenters. The molecule has 1 heterocycles. The maximum Gasteiger partial charge on any atom is 0.416 e. The van der Waals surface area contributed by atoms with Crippen LogP contribution < -0.4 is 4.72 Å². The van der Waals surface area contributed by atoms with Crippen molar-refractivity contribution in [2.75, 3.05) is 11.8 Å². The number of alkyl halides is 3. The molecular formula is C22H21F3N2O3S2. The minimum Gasteiger partial charge on any atom is -0.340 e. The Balaban J connectivity index is 1.65. The van der Waals surface area contributed by atoms with Gasteiger partial charge < -0.3 is 4.90 Å². The SMILES string of the molecule is Cc1ccsc1CN(C)C(=O)Cc1ccc(NS(=O)(=O)c2cccc(C(F)(F)F)c2)cc1. The van der Waals surface area contributed by atoms with E-state index >= 15 is 0 Å². The summed E-state index contributed by atoms with van der Waals surface area (Å²) in [5.41, 5.74) is 0.955. The molecule has 3 rings (SSSR count). The Morgan fingerprint density at radius 3 is 2.38 bits per heavy atom. The average molecular weight is 483 g/mol. The first kappa shape index (κ1) is 23.8. The third kappa shape index (κ3) is 5.89. The number of nitrogens with one attached hydrogen (secondary N) is 1. The van der Waals surface area contributed by atoms with Gasteiger partial charge in [0.2, 0.25) is 5.91 Å². The molecule has 0 bridgehead atoms. The van der Waals surface area contributed by atoms with Crippen molar-refractivity contribution in [1.29, 1.82) is 0 Å². The zero-order valence-electron chi connectivity index (χ0n) is 17.3. The quantitative estimate of drug-likeness (QED) is 0.511. The zero-order chi connectivity index (χ0) is 23.5. The molecule has 1 amide bonds. The fourth-order valence-corrected chi connectivity index (χ4v) is 4.99. The number of aryl methyl sites for hydroxylation is 1. The molecule has 170 valence electrons. The average Bonchev–Trinajstić information content (AvgIpc) is 3.13. The van der Waals surface area contributed by atoms with E-state index in [1.807, 2.05) is 18.4 Å². The lowest BCUT2D eigenvalue weighted by atomic mass is 10.1. The van der Waals surface area contributed by atoms with Gasteiger partial charge in [-0.3, -0.25) is 9.52 Å². The summed E-state index contributed by atoms with van der Waals surface area (Å²) in [7, 11) is -2.48. The van der Waals surface area contributed by atoms with Crippen molar-refractivity contribution < 1.29 is 26.4 Å². The number of carbonyl (C=O) groups excluding carboxylic acids is 1. The molecule has 0 aliphatic carbocycles. The van der Waals surface area contributed by atoms with Gasteiger partial charge in [0.15, 0.2) is 0 Å². The molecule has 0 spiro atoms. The second kappa shape index (κ2) is 9.33. The van der Waals surface area contributed by atoms with Crippen LogP contribution in [-0.2, 0) is 34.0 Å². The number of thiophene rings is 1. The van der Waals surface area contributed by atoms with Gasteiger partial charge in [0.25, 0.3) is 10.0 Å². The predicted octanol–water partition coefficient (Wildman–Crippen LogP) is 5.08. The highest BCUT2D eigenvalue weighted by atomic mass is 32.2. The number of sulfonamides is 1. The van der Waals surface area contributed by atoms with Crippen LogP contribution in [0.3, 0.4) is 0 Å². The standard InChI is InChI=1S/C22H21F3N2O3S2/c1-15-10-11-31-20(15)14-27(2)21(28)12-16-6-8-18(9-7-16)26-32(29,30)19-5-3-4-17(13-19)22(23,24)25/h3-11,13,26H,12,14H2,1-2H3. The normalized spacial score (nSPS) is 11.9. The molecule has 1 aromatic heterocycles. The lowest BCUT2D eigenvalue weighted by molar-refractivity contribution is -0.137. The van der Waals surface area contributed by atoms with E-state index < -0.39 is 26.7 Å². The van der Waals surface area contributed by atoms with Gasteiger partial charge in [0.05, 0.1) is 23.4 Å². The van der Waals surface area contributed by atoms with Crippen LogP contribution in [-0.4, -0.2) is 26.3 Å². The number of likely N-dealkylation sites (N-methyl/N-ethyl adjacent to an activating group) is 1. The minimum atomic E-state index is -4.64.